The first-order valence-corrected chi connectivity index (χ1v) is 8.05. The average Bonchev–Trinajstić information content (AvgIpc) is 2.42. The van der Waals surface area contributed by atoms with E-state index in [1.807, 2.05) is 0 Å². The van der Waals surface area contributed by atoms with Crippen molar-refractivity contribution in [2.75, 3.05) is 4.72 Å². The van der Waals surface area contributed by atoms with Crippen LogP contribution in [-0.2, 0) is 10.0 Å². The molecule has 116 valence electrons. The van der Waals surface area contributed by atoms with Gasteiger partial charge in [0.1, 0.15) is 0 Å². The van der Waals surface area contributed by atoms with Gasteiger partial charge in [-0.25, -0.2) is 8.42 Å². The molecular formula is C15H16N2O4S. The van der Waals surface area contributed by atoms with Crippen LogP contribution >= 0.6 is 0 Å². The monoisotopic (exact) mass is 320 g/mol. The van der Waals surface area contributed by atoms with Gasteiger partial charge in [-0.3, -0.25) is 14.8 Å². The summed E-state index contributed by atoms with van der Waals surface area (Å²) in [5.74, 6) is 0. The molecule has 0 bridgehead atoms. The van der Waals surface area contributed by atoms with Crippen molar-refractivity contribution in [1.29, 1.82) is 0 Å². The number of nitrogens with zero attached hydrogens (tertiary/aromatic N) is 1. The summed E-state index contributed by atoms with van der Waals surface area (Å²) in [6.45, 7) is 4.98. The van der Waals surface area contributed by atoms with E-state index in [1.54, 1.807) is 39.0 Å². The van der Waals surface area contributed by atoms with Gasteiger partial charge in [-0.1, -0.05) is 18.2 Å². The van der Waals surface area contributed by atoms with Gasteiger partial charge in [0.15, 0.2) is 0 Å². The molecular weight excluding hydrogens is 304 g/mol. The van der Waals surface area contributed by atoms with Crippen LogP contribution in [0.3, 0.4) is 0 Å². The maximum Gasteiger partial charge on any atom is 0.270 e. The lowest BCUT2D eigenvalue weighted by atomic mass is 10.1. The van der Waals surface area contributed by atoms with E-state index in [9.17, 15) is 18.5 Å². The Labute approximate surface area is 129 Å². The van der Waals surface area contributed by atoms with E-state index in [2.05, 4.69) is 4.72 Å². The predicted octanol–water partition coefficient (Wildman–Crippen LogP) is 3.32. The molecule has 22 heavy (non-hydrogen) atoms. The molecule has 0 heterocycles. The Bertz CT molecular complexity index is 821. The highest BCUT2D eigenvalue weighted by atomic mass is 32.2. The highest BCUT2D eigenvalue weighted by Gasteiger charge is 2.20. The van der Waals surface area contributed by atoms with E-state index in [0.29, 0.717) is 22.4 Å². The lowest BCUT2D eigenvalue weighted by molar-refractivity contribution is -0.384. The van der Waals surface area contributed by atoms with Crippen LogP contribution in [0, 0.1) is 30.9 Å². The zero-order valence-corrected chi connectivity index (χ0v) is 13.3. The molecule has 0 aromatic heterocycles. The summed E-state index contributed by atoms with van der Waals surface area (Å²) in [4.78, 5) is 10.5. The molecule has 1 N–H and O–H groups in total. The van der Waals surface area contributed by atoms with Gasteiger partial charge in [-0.15, -0.1) is 0 Å². The second kappa shape index (κ2) is 5.76. The third-order valence-electron chi connectivity index (χ3n) is 3.35. The van der Waals surface area contributed by atoms with Crippen LogP contribution in [-0.4, -0.2) is 13.3 Å². The van der Waals surface area contributed by atoms with Crippen molar-refractivity contribution >= 4 is 21.4 Å². The van der Waals surface area contributed by atoms with E-state index in [1.165, 1.54) is 18.2 Å². The summed E-state index contributed by atoms with van der Waals surface area (Å²) >= 11 is 0. The summed E-state index contributed by atoms with van der Waals surface area (Å²) in [5.41, 5.74) is 1.95. The van der Waals surface area contributed by atoms with Crippen LogP contribution < -0.4 is 4.72 Å². The lowest BCUT2D eigenvalue weighted by Crippen LogP contribution is -2.16. The van der Waals surface area contributed by atoms with Crippen LogP contribution in [0.1, 0.15) is 16.7 Å². The molecule has 0 spiro atoms. The van der Waals surface area contributed by atoms with Gasteiger partial charge in [0.05, 0.1) is 15.5 Å². The fourth-order valence-corrected chi connectivity index (χ4v) is 3.70. The Balaban J connectivity index is 2.47. The average molecular weight is 320 g/mol. The Morgan fingerprint density at radius 1 is 1.00 bits per heavy atom. The Morgan fingerprint density at radius 2 is 1.55 bits per heavy atom. The van der Waals surface area contributed by atoms with Gasteiger partial charge < -0.3 is 0 Å². The fraction of sp³-hybridized carbons (Fsp3) is 0.200. The van der Waals surface area contributed by atoms with Crippen LogP contribution in [0.5, 0.6) is 0 Å². The largest absolute Gasteiger partial charge is 0.279 e. The first-order chi connectivity index (χ1) is 10.2. The minimum absolute atomic E-state index is 0.0613. The first kappa shape index (κ1) is 16.0. The van der Waals surface area contributed by atoms with Crippen molar-refractivity contribution in [3.63, 3.8) is 0 Å². The number of hydrogen-bond acceptors (Lipinski definition) is 4. The zero-order chi connectivity index (χ0) is 16.5. The fourth-order valence-electron chi connectivity index (χ4n) is 2.25. The minimum Gasteiger partial charge on any atom is -0.279 e. The van der Waals surface area contributed by atoms with Crippen molar-refractivity contribution < 1.29 is 13.3 Å². The minimum atomic E-state index is -3.74. The van der Waals surface area contributed by atoms with Crippen molar-refractivity contribution in [1.82, 2.24) is 0 Å². The molecule has 0 aliphatic rings. The summed E-state index contributed by atoms with van der Waals surface area (Å²) < 4.78 is 27.5. The molecule has 0 atom stereocenters. The first-order valence-electron chi connectivity index (χ1n) is 6.56. The summed E-state index contributed by atoms with van der Waals surface area (Å²) in [6, 6.07) is 9.34. The number of nitrogens with one attached hydrogen (secondary N) is 1. The number of hydrogen-bond donors (Lipinski definition) is 1. The van der Waals surface area contributed by atoms with Crippen LogP contribution in [0.15, 0.2) is 41.3 Å². The number of rotatable bonds is 4. The van der Waals surface area contributed by atoms with Gasteiger partial charge in [-0.05, 0) is 43.5 Å². The van der Waals surface area contributed by atoms with Gasteiger partial charge in [-0.2, -0.15) is 0 Å². The number of nitro groups is 1. The number of anilines is 1. The lowest BCUT2D eigenvalue weighted by Gasteiger charge is -2.14. The summed E-state index contributed by atoms with van der Waals surface area (Å²) in [6.07, 6.45) is 0. The second-order valence-corrected chi connectivity index (χ2v) is 6.73. The van der Waals surface area contributed by atoms with E-state index in [4.69, 9.17) is 0 Å². The van der Waals surface area contributed by atoms with Crippen LogP contribution in [0.2, 0.25) is 0 Å². The third-order valence-corrected chi connectivity index (χ3v) is 4.86. The molecule has 0 amide bonds. The topological polar surface area (TPSA) is 89.3 Å². The third kappa shape index (κ3) is 3.09. The van der Waals surface area contributed by atoms with Crippen molar-refractivity contribution in [3.05, 3.63) is 63.2 Å². The number of sulfonamides is 1. The molecule has 6 nitrogen and oxygen atoms in total. The number of benzene rings is 2. The number of nitro benzene ring substituents is 1. The molecule has 7 heteroatoms. The maximum atomic E-state index is 12.5. The summed E-state index contributed by atoms with van der Waals surface area (Å²) in [7, 11) is -3.74. The number of aryl methyl sites for hydroxylation is 3. The van der Waals surface area contributed by atoms with E-state index in [0.717, 1.165) is 0 Å². The maximum absolute atomic E-state index is 12.5. The molecule has 2 rings (SSSR count). The molecule has 0 aliphatic heterocycles. The van der Waals surface area contributed by atoms with E-state index < -0.39 is 14.9 Å². The molecule has 0 radical (unpaired) electrons. The molecule has 0 unspecified atom stereocenters. The molecule has 0 saturated carbocycles. The molecule has 0 saturated heterocycles. The number of non-ortho nitro benzene ring substituents is 1. The summed E-state index contributed by atoms with van der Waals surface area (Å²) in [5, 5.41) is 10.8. The van der Waals surface area contributed by atoms with Crippen molar-refractivity contribution in [2.45, 2.75) is 25.7 Å². The molecule has 0 aliphatic carbocycles. The van der Waals surface area contributed by atoms with Gasteiger partial charge >= 0.3 is 0 Å². The highest BCUT2D eigenvalue weighted by Crippen LogP contribution is 2.28. The van der Waals surface area contributed by atoms with Crippen molar-refractivity contribution in [3.8, 4) is 0 Å². The quantitative estimate of drug-likeness (QED) is 0.691. The van der Waals surface area contributed by atoms with Crippen LogP contribution in [0.4, 0.5) is 11.4 Å². The van der Waals surface area contributed by atoms with Crippen LogP contribution in [0.25, 0.3) is 0 Å². The predicted molar refractivity (Wildman–Crippen MR) is 84.6 cm³/mol. The highest BCUT2D eigenvalue weighted by molar-refractivity contribution is 7.92. The standard InChI is InChI=1S/C15H16N2O4S/c1-10-6-4-5-7-14(10)22(20,21)16-15-11(2)8-13(17(18)19)9-12(15)3/h4-9,16H,1-3H3. The Hall–Kier alpha value is -2.41. The van der Waals surface area contributed by atoms with Gasteiger partial charge in [0, 0.05) is 12.1 Å². The van der Waals surface area contributed by atoms with E-state index in [-0.39, 0.29) is 10.6 Å². The molecule has 2 aromatic carbocycles. The van der Waals surface area contributed by atoms with Gasteiger partial charge in [0.25, 0.3) is 15.7 Å². The Kier molecular flexibility index (Phi) is 4.18. The smallest absolute Gasteiger partial charge is 0.270 e. The SMILES string of the molecule is Cc1ccccc1S(=O)(=O)Nc1c(C)cc([N+](=O)[O-])cc1C. The zero-order valence-electron chi connectivity index (χ0n) is 12.5. The van der Waals surface area contributed by atoms with Crippen molar-refractivity contribution in [2.24, 2.45) is 0 Å². The van der Waals surface area contributed by atoms with Gasteiger partial charge in [0.2, 0.25) is 0 Å². The normalized spacial score (nSPS) is 11.2. The second-order valence-electron chi connectivity index (χ2n) is 5.08. The molecule has 2 aromatic rings. The van der Waals surface area contributed by atoms with E-state index >= 15 is 0 Å². The molecule has 0 fully saturated rings. The Morgan fingerprint density at radius 3 is 2.05 bits per heavy atom.